The Kier molecular flexibility index (Phi) is 1.24. The van der Waals surface area contributed by atoms with Gasteiger partial charge in [-0.1, -0.05) is 0 Å². The Balaban J connectivity index is 2.74. The lowest BCUT2D eigenvalue weighted by molar-refractivity contribution is -0.140. The third-order valence-electron chi connectivity index (χ3n) is 1.74. The molecule has 1 unspecified atom stereocenters. The van der Waals surface area contributed by atoms with Crippen molar-refractivity contribution in [2.45, 2.75) is 18.9 Å². The summed E-state index contributed by atoms with van der Waals surface area (Å²) in [6.07, 6.45) is 0.558. The predicted molar refractivity (Wildman–Crippen MR) is 32.9 cm³/mol. The van der Waals surface area contributed by atoms with Crippen molar-refractivity contribution in [1.29, 1.82) is 0 Å². The number of carbonyl (C=O) groups excluding carboxylic acids is 1. The number of aliphatic hydroxyl groups is 1. The van der Waals surface area contributed by atoms with Crippen molar-refractivity contribution < 1.29 is 9.90 Å². The molecule has 3 nitrogen and oxygen atoms in total. The molecule has 0 spiro atoms. The van der Waals surface area contributed by atoms with Gasteiger partial charge in [-0.05, 0) is 6.92 Å². The highest BCUT2D eigenvalue weighted by atomic mass is 16.3. The van der Waals surface area contributed by atoms with E-state index in [9.17, 15) is 9.90 Å². The summed E-state index contributed by atoms with van der Waals surface area (Å²) < 4.78 is 0. The van der Waals surface area contributed by atoms with Gasteiger partial charge in [-0.2, -0.15) is 0 Å². The van der Waals surface area contributed by atoms with E-state index >= 15 is 0 Å². The van der Waals surface area contributed by atoms with Crippen LogP contribution in [0.1, 0.15) is 13.3 Å². The molecule has 1 fully saturated rings. The van der Waals surface area contributed by atoms with Gasteiger partial charge >= 0.3 is 0 Å². The summed E-state index contributed by atoms with van der Waals surface area (Å²) in [6.45, 7) is 2.23. The van der Waals surface area contributed by atoms with Crippen molar-refractivity contribution in [2.24, 2.45) is 0 Å². The van der Waals surface area contributed by atoms with Gasteiger partial charge in [0.15, 0.2) is 0 Å². The summed E-state index contributed by atoms with van der Waals surface area (Å²) in [5, 5.41) is 9.24. The van der Waals surface area contributed by atoms with Crippen molar-refractivity contribution in [3.05, 3.63) is 0 Å². The molecular weight excluding hydrogens is 118 g/mol. The quantitative estimate of drug-likeness (QED) is 0.483. The number of likely N-dealkylation sites (N-methyl/N-ethyl adjacent to an activating group) is 1. The van der Waals surface area contributed by atoms with Crippen molar-refractivity contribution in [3.8, 4) is 0 Å². The maximum atomic E-state index is 10.9. The molecule has 52 valence electrons. The minimum Gasteiger partial charge on any atom is -0.380 e. The number of hydrogen-bond acceptors (Lipinski definition) is 2. The molecule has 1 heterocycles. The first-order chi connectivity index (χ1) is 4.04. The highest BCUT2D eigenvalue weighted by Gasteiger charge is 2.38. The minimum absolute atomic E-state index is 0.164. The summed E-state index contributed by atoms with van der Waals surface area (Å²) in [5.74, 6) is -0.164. The molecule has 1 aliphatic rings. The smallest absolute Gasteiger partial charge is 0.254 e. The van der Waals surface area contributed by atoms with Crippen LogP contribution in [-0.2, 0) is 4.79 Å². The summed E-state index contributed by atoms with van der Waals surface area (Å²) in [6, 6.07) is 0. The van der Waals surface area contributed by atoms with E-state index in [0.29, 0.717) is 13.0 Å². The van der Waals surface area contributed by atoms with Gasteiger partial charge in [-0.3, -0.25) is 4.79 Å². The summed E-state index contributed by atoms with van der Waals surface area (Å²) in [4.78, 5) is 12.4. The Morgan fingerprint density at radius 1 is 1.78 bits per heavy atom. The number of likely N-dealkylation sites (tertiary alicyclic amines) is 1. The Morgan fingerprint density at radius 2 is 2.33 bits per heavy atom. The van der Waals surface area contributed by atoms with Gasteiger partial charge in [0, 0.05) is 20.0 Å². The van der Waals surface area contributed by atoms with E-state index in [1.54, 1.807) is 18.9 Å². The van der Waals surface area contributed by atoms with E-state index in [0.717, 1.165) is 0 Å². The third-order valence-corrected chi connectivity index (χ3v) is 1.74. The lowest BCUT2D eigenvalue weighted by Gasteiger charge is -2.13. The highest BCUT2D eigenvalue weighted by molar-refractivity contribution is 5.86. The highest BCUT2D eigenvalue weighted by Crippen LogP contribution is 2.19. The molecule has 1 N–H and O–H groups in total. The number of carbonyl (C=O) groups is 1. The molecule has 0 aliphatic carbocycles. The second-order valence-electron chi connectivity index (χ2n) is 2.75. The fourth-order valence-electron chi connectivity index (χ4n) is 1.01. The van der Waals surface area contributed by atoms with Crippen molar-refractivity contribution in [2.75, 3.05) is 13.6 Å². The number of nitrogens with zero attached hydrogens (tertiary/aromatic N) is 1. The monoisotopic (exact) mass is 129 g/mol. The molecule has 0 saturated carbocycles. The van der Waals surface area contributed by atoms with Gasteiger partial charge in [-0.15, -0.1) is 0 Å². The molecule has 0 aromatic carbocycles. The maximum absolute atomic E-state index is 10.9. The zero-order chi connectivity index (χ0) is 7.07. The van der Waals surface area contributed by atoms with Crippen LogP contribution in [0.4, 0.5) is 0 Å². The second kappa shape index (κ2) is 1.70. The lowest BCUT2D eigenvalue weighted by atomic mass is 10.1. The van der Waals surface area contributed by atoms with Crippen LogP contribution in [0.5, 0.6) is 0 Å². The fourth-order valence-corrected chi connectivity index (χ4v) is 1.01. The summed E-state index contributed by atoms with van der Waals surface area (Å²) in [5.41, 5.74) is -1.09. The molecule has 3 heteroatoms. The molecule has 0 bridgehead atoms. The third kappa shape index (κ3) is 0.920. The van der Waals surface area contributed by atoms with Crippen LogP contribution >= 0.6 is 0 Å². The van der Waals surface area contributed by atoms with Crippen molar-refractivity contribution in [3.63, 3.8) is 0 Å². The Bertz CT molecular complexity index is 142. The van der Waals surface area contributed by atoms with Crippen LogP contribution in [0.2, 0.25) is 0 Å². The van der Waals surface area contributed by atoms with Crippen LogP contribution in [0.15, 0.2) is 0 Å². The van der Waals surface area contributed by atoms with E-state index in [1.807, 2.05) is 0 Å². The molecule has 0 aromatic heterocycles. The second-order valence-corrected chi connectivity index (χ2v) is 2.75. The largest absolute Gasteiger partial charge is 0.380 e. The molecule has 1 rings (SSSR count). The predicted octanol–water partition coefficient (Wildman–Crippen LogP) is -0.401. The molecular formula is C6H11NO2. The van der Waals surface area contributed by atoms with Crippen molar-refractivity contribution in [1.82, 2.24) is 4.90 Å². The summed E-state index contributed by atoms with van der Waals surface area (Å²) >= 11 is 0. The van der Waals surface area contributed by atoms with E-state index in [4.69, 9.17) is 0 Å². The fraction of sp³-hybridized carbons (Fsp3) is 0.833. The first-order valence-corrected chi connectivity index (χ1v) is 3.02. The Hall–Kier alpha value is -0.570. The molecule has 1 atom stereocenters. The topological polar surface area (TPSA) is 40.5 Å². The van der Waals surface area contributed by atoms with Gasteiger partial charge in [0.05, 0.1) is 0 Å². The maximum Gasteiger partial charge on any atom is 0.254 e. The van der Waals surface area contributed by atoms with Gasteiger partial charge in [0.25, 0.3) is 5.91 Å². The van der Waals surface area contributed by atoms with Gasteiger partial charge in [0.1, 0.15) is 5.60 Å². The SMILES string of the molecule is CN1CCC(C)(O)C1=O. The normalized spacial score (nSPS) is 35.9. The number of amides is 1. The number of rotatable bonds is 0. The van der Waals surface area contributed by atoms with Gasteiger partial charge < -0.3 is 10.0 Å². The minimum atomic E-state index is -1.09. The van der Waals surface area contributed by atoms with Crippen LogP contribution in [0.25, 0.3) is 0 Å². The van der Waals surface area contributed by atoms with E-state index in [1.165, 1.54) is 0 Å². The standard InChI is InChI=1S/C6H11NO2/c1-6(9)3-4-7(2)5(6)8/h9H,3-4H2,1-2H3. The zero-order valence-electron chi connectivity index (χ0n) is 5.72. The Morgan fingerprint density at radius 3 is 2.44 bits per heavy atom. The molecule has 9 heavy (non-hydrogen) atoms. The van der Waals surface area contributed by atoms with E-state index < -0.39 is 5.60 Å². The summed E-state index contributed by atoms with van der Waals surface area (Å²) in [7, 11) is 1.70. The van der Waals surface area contributed by atoms with Crippen LogP contribution in [0.3, 0.4) is 0 Å². The van der Waals surface area contributed by atoms with Gasteiger partial charge in [0.2, 0.25) is 0 Å². The van der Waals surface area contributed by atoms with Crippen LogP contribution in [0, 0.1) is 0 Å². The van der Waals surface area contributed by atoms with Gasteiger partial charge in [-0.25, -0.2) is 0 Å². The first-order valence-electron chi connectivity index (χ1n) is 3.02. The van der Waals surface area contributed by atoms with Crippen LogP contribution < -0.4 is 0 Å². The van der Waals surface area contributed by atoms with Crippen molar-refractivity contribution >= 4 is 5.91 Å². The average Bonchev–Trinajstić information content (AvgIpc) is 1.97. The first kappa shape index (κ1) is 6.55. The Labute approximate surface area is 54.3 Å². The molecule has 1 aliphatic heterocycles. The molecule has 1 saturated heterocycles. The molecule has 0 radical (unpaired) electrons. The van der Waals surface area contributed by atoms with E-state index in [-0.39, 0.29) is 5.91 Å². The molecule has 1 amide bonds. The zero-order valence-corrected chi connectivity index (χ0v) is 5.72. The molecule has 0 aromatic rings. The lowest BCUT2D eigenvalue weighted by Crippen LogP contribution is -2.35. The number of hydrogen-bond donors (Lipinski definition) is 1. The van der Waals surface area contributed by atoms with Crippen LogP contribution in [-0.4, -0.2) is 35.1 Å². The van der Waals surface area contributed by atoms with E-state index in [2.05, 4.69) is 0 Å². The average molecular weight is 129 g/mol.